The molecular formula is C15H19ClN4O. The summed E-state index contributed by atoms with van der Waals surface area (Å²) in [5.41, 5.74) is 2.33. The van der Waals surface area contributed by atoms with Crippen molar-refractivity contribution in [3.63, 3.8) is 0 Å². The molecule has 0 spiro atoms. The number of hydrogen-bond acceptors (Lipinski definition) is 3. The van der Waals surface area contributed by atoms with E-state index in [1.165, 1.54) is 25.9 Å². The van der Waals surface area contributed by atoms with Gasteiger partial charge in [0.05, 0.1) is 17.4 Å². The molecule has 112 valence electrons. The zero-order chi connectivity index (χ0) is 13.5. The van der Waals surface area contributed by atoms with Gasteiger partial charge >= 0.3 is 0 Å². The number of benzene rings is 1. The highest BCUT2D eigenvalue weighted by molar-refractivity contribution is 6.04. The number of aromatic nitrogens is 2. The molecule has 5 rings (SSSR count). The number of imidazole rings is 1. The molecule has 0 aliphatic carbocycles. The minimum atomic E-state index is 0. The molecule has 4 heterocycles. The summed E-state index contributed by atoms with van der Waals surface area (Å²) in [5, 5.41) is 3.21. The number of nitrogens with one attached hydrogen (secondary N) is 2. The Morgan fingerprint density at radius 2 is 2.14 bits per heavy atom. The fraction of sp³-hybridized carbons (Fsp3) is 0.467. The second-order valence-corrected chi connectivity index (χ2v) is 5.82. The lowest BCUT2D eigenvalue weighted by molar-refractivity contribution is 0.0621. The van der Waals surface area contributed by atoms with Crippen LogP contribution in [-0.4, -0.2) is 46.5 Å². The predicted molar refractivity (Wildman–Crippen MR) is 83.8 cm³/mol. The summed E-state index contributed by atoms with van der Waals surface area (Å²) >= 11 is 0. The Bertz CT molecular complexity index is 648. The van der Waals surface area contributed by atoms with Crippen LogP contribution in [0.5, 0.6) is 0 Å². The van der Waals surface area contributed by atoms with Gasteiger partial charge in [0.25, 0.3) is 5.91 Å². The first-order valence-electron chi connectivity index (χ1n) is 7.26. The molecule has 3 aliphatic rings. The Morgan fingerprint density at radius 1 is 1.33 bits per heavy atom. The smallest absolute Gasteiger partial charge is 0.253 e. The van der Waals surface area contributed by atoms with Gasteiger partial charge in [-0.3, -0.25) is 4.79 Å². The van der Waals surface area contributed by atoms with E-state index in [1.54, 1.807) is 6.33 Å². The monoisotopic (exact) mass is 306 g/mol. The topological polar surface area (TPSA) is 61.0 Å². The average Bonchev–Trinajstić information content (AvgIpc) is 2.96. The molecule has 5 nitrogen and oxygen atoms in total. The number of H-pyrrole nitrogens is 1. The van der Waals surface area contributed by atoms with Crippen LogP contribution >= 0.6 is 12.4 Å². The van der Waals surface area contributed by atoms with Gasteiger partial charge in [-0.1, -0.05) is 6.07 Å². The maximum absolute atomic E-state index is 12.5. The van der Waals surface area contributed by atoms with E-state index in [9.17, 15) is 4.79 Å². The van der Waals surface area contributed by atoms with E-state index in [2.05, 4.69) is 20.2 Å². The number of rotatable bonds is 2. The number of halogens is 1. The van der Waals surface area contributed by atoms with Crippen LogP contribution in [-0.2, 0) is 0 Å². The zero-order valence-corrected chi connectivity index (χ0v) is 12.5. The van der Waals surface area contributed by atoms with Crippen molar-refractivity contribution in [2.75, 3.05) is 19.6 Å². The summed E-state index contributed by atoms with van der Waals surface area (Å²) in [6.07, 6.45) is 4.05. The Hall–Kier alpha value is -1.59. The molecule has 0 radical (unpaired) electrons. The highest BCUT2D eigenvalue weighted by Gasteiger charge is 2.35. The minimum Gasteiger partial charge on any atom is -0.348 e. The first kappa shape index (κ1) is 14.4. The Kier molecular flexibility index (Phi) is 3.87. The molecule has 3 fully saturated rings. The largest absolute Gasteiger partial charge is 0.348 e. The first-order valence-corrected chi connectivity index (χ1v) is 7.26. The number of aromatic amines is 1. The van der Waals surface area contributed by atoms with Gasteiger partial charge in [0.1, 0.15) is 5.52 Å². The van der Waals surface area contributed by atoms with E-state index in [1.807, 2.05) is 18.2 Å². The van der Waals surface area contributed by atoms with Gasteiger partial charge in [-0.2, -0.15) is 0 Å². The quantitative estimate of drug-likeness (QED) is 0.889. The molecule has 1 aromatic carbocycles. The molecule has 2 aromatic rings. The van der Waals surface area contributed by atoms with Crippen LogP contribution < -0.4 is 5.32 Å². The molecule has 3 aliphatic heterocycles. The zero-order valence-electron chi connectivity index (χ0n) is 11.7. The van der Waals surface area contributed by atoms with Gasteiger partial charge in [-0.05, 0) is 44.0 Å². The molecular weight excluding hydrogens is 288 g/mol. The third-order valence-electron chi connectivity index (χ3n) is 4.67. The average molecular weight is 307 g/mol. The number of piperidine rings is 3. The van der Waals surface area contributed by atoms with Crippen molar-refractivity contribution in [3.05, 3.63) is 30.1 Å². The second kappa shape index (κ2) is 5.66. The maximum atomic E-state index is 12.5. The fourth-order valence-corrected chi connectivity index (χ4v) is 3.52. The van der Waals surface area contributed by atoms with E-state index in [0.717, 1.165) is 17.6 Å². The highest BCUT2D eigenvalue weighted by Crippen LogP contribution is 2.27. The summed E-state index contributed by atoms with van der Waals surface area (Å²) in [6, 6.07) is 5.97. The first-order chi connectivity index (χ1) is 9.81. The molecule has 2 bridgehead atoms. The molecule has 3 saturated heterocycles. The van der Waals surface area contributed by atoms with Crippen LogP contribution in [0.25, 0.3) is 11.0 Å². The van der Waals surface area contributed by atoms with Crippen molar-refractivity contribution in [2.45, 2.75) is 18.9 Å². The predicted octanol–water partition coefficient (Wildman–Crippen LogP) is 1.81. The molecule has 2 N–H and O–H groups in total. The highest BCUT2D eigenvalue weighted by atomic mass is 35.5. The lowest BCUT2D eigenvalue weighted by Gasteiger charge is -2.44. The van der Waals surface area contributed by atoms with Crippen LogP contribution in [0, 0.1) is 5.92 Å². The Morgan fingerprint density at radius 3 is 2.86 bits per heavy atom. The van der Waals surface area contributed by atoms with Crippen molar-refractivity contribution in [3.8, 4) is 0 Å². The van der Waals surface area contributed by atoms with Gasteiger partial charge in [-0.15, -0.1) is 12.4 Å². The van der Waals surface area contributed by atoms with Gasteiger partial charge in [0, 0.05) is 12.6 Å². The summed E-state index contributed by atoms with van der Waals surface area (Å²) in [5.74, 6) is 0.642. The molecule has 1 amide bonds. The third-order valence-corrected chi connectivity index (χ3v) is 4.67. The maximum Gasteiger partial charge on any atom is 0.253 e. The number of nitrogens with zero attached hydrogens (tertiary/aromatic N) is 2. The van der Waals surface area contributed by atoms with E-state index < -0.39 is 0 Å². The number of para-hydroxylation sites is 1. The van der Waals surface area contributed by atoms with Crippen LogP contribution in [0.4, 0.5) is 0 Å². The Balaban J connectivity index is 0.00000132. The van der Waals surface area contributed by atoms with Gasteiger partial charge in [-0.25, -0.2) is 4.98 Å². The summed E-state index contributed by atoms with van der Waals surface area (Å²) in [7, 11) is 0. The van der Waals surface area contributed by atoms with Crippen molar-refractivity contribution < 1.29 is 4.79 Å². The van der Waals surface area contributed by atoms with Gasteiger partial charge in [0.2, 0.25) is 0 Å². The van der Waals surface area contributed by atoms with Gasteiger partial charge < -0.3 is 15.2 Å². The Labute approximate surface area is 129 Å². The van der Waals surface area contributed by atoms with Crippen molar-refractivity contribution in [2.24, 2.45) is 5.92 Å². The number of amides is 1. The summed E-state index contributed by atoms with van der Waals surface area (Å²) in [6.45, 7) is 3.37. The lowest BCUT2D eigenvalue weighted by atomic mass is 9.84. The fourth-order valence-electron chi connectivity index (χ4n) is 3.52. The van der Waals surface area contributed by atoms with Gasteiger partial charge in [0.15, 0.2) is 0 Å². The van der Waals surface area contributed by atoms with Crippen LogP contribution in [0.2, 0.25) is 0 Å². The standard InChI is InChI=1S/C15H18N4O.ClH/c20-15(11-2-1-3-12-14(11)17-9-16-12)18-13-8-19-6-4-10(13)5-7-19;/h1-3,9-10,13H,4-8H2,(H,16,17)(H,18,20);1H/t13-;/m0./s1. The molecule has 1 aromatic heterocycles. The van der Waals surface area contributed by atoms with Crippen molar-refractivity contribution in [1.82, 2.24) is 20.2 Å². The van der Waals surface area contributed by atoms with Crippen LogP contribution in [0.1, 0.15) is 23.2 Å². The summed E-state index contributed by atoms with van der Waals surface area (Å²) < 4.78 is 0. The van der Waals surface area contributed by atoms with Crippen molar-refractivity contribution in [1.29, 1.82) is 0 Å². The molecule has 21 heavy (non-hydrogen) atoms. The molecule has 0 saturated carbocycles. The van der Waals surface area contributed by atoms with E-state index in [4.69, 9.17) is 0 Å². The van der Waals surface area contributed by atoms with Crippen molar-refractivity contribution >= 4 is 29.3 Å². The normalized spacial score (nSPS) is 27.3. The second-order valence-electron chi connectivity index (χ2n) is 5.82. The summed E-state index contributed by atoms with van der Waals surface area (Å²) in [4.78, 5) is 22.3. The third kappa shape index (κ3) is 2.51. The number of carbonyl (C=O) groups excluding carboxylic acids is 1. The van der Waals surface area contributed by atoms with E-state index in [-0.39, 0.29) is 18.3 Å². The number of carbonyl (C=O) groups is 1. The van der Waals surface area contributed by atoms with Crippen LogP contribution in [0.15, 0.2) is 24.5 Å². The lowest BCUT2D eigenvalue weighted by Crippen LogP contribution is -2.57. The van der Waals surface area contributed by atoms with E-state index in [0.29, 0.717) is 17.5 Å². The number of fused-ring (bicyclic) bond motifs is 4. The molecule has 1 atom stereocenters. The number of hydrogen-bond donors (Lipinski definition) is 2. The minimum absolute atomic E-state index is 0. The van der Waals surface area contributed by atoms with E-state index >= 15 is 0 Å². The molecule has 6 heteroatoms. The van der Waals surface area contributed by atoms with Crippen LogP contribution in [0.3, 0.4) is 0 Å². The SMILES string of the molecule is Cl.O=C(N[C@H]1CN2CCC1CC2)c1cccc2[nH]cnc12. The molecule has 0 unspecified atom stereocenters.